The number of hydrazone groups is 1. The highest BCUT2D eigenvalue weighted by molar-refractivity contribution is 7.88. The van der Waals surface area contributed by atoms with Gasteiger partial charge in [0.25, 0.3) is 0 Å². The van der Waals surface area contributed by atoms with E-state index < -0.39 is 16.1 Å². The van der Waals surface area contributed by atoms with Crippen molar-refractivity contribution in [3.63, 3.8) is 0 Å². The molecule has 1 aliphatic heterocycles. The van der Waals surface area contributed by atoms with Crippen molar-refractivity contribution in [3.05, 3.63) is 58.6 Å². The van der Waals surface area contributed by atoms with Gasteiger partial charge in [0, 0.05) is 17.0 Å². The van der Waals surface area contributed by atoms with Crippen LogP contribution in [0.25, 0.3) is 0 Å². The number of ether oxygens (including phenoxy) is 2. The molecule has 0 amide bonds. The summed E-state index contributed by atoms with van der Waals surface area (Å²) in [5, 5.41) is 4.98. The van der Waals surface area contributed by atoms with Crippen LogP contribution in [0.15, 0.2) is 47.6 Å². The van der Waals surface area contributed by atoms with Crippen molar-refractivity contribution in [2.75, 3.05) is 20.5 Å². The van der Waals surface area contributed by atoms with Gasteiger partial charge in [0.15, 0.2) is 11.5 Å². The number of nitrogens with zero attached hydrogens (tertiary/aromatic N) is 2. The van der Waals surface area contributed by atoms with Gasteiger partial charge in [-0.25, -0.2) is 8.42 Å². The Bertz CT molecular complexity index is 942. The van der Waals surface area contributed by atoms with Crippen molar-refractivity contribution < 1.29 is 17.9 Å². The molecule has 6 nitrogen and oxygen atoms in total. The summed E-state index contributed by atoms with van der Waals surface area (Å²) < 4.78 is 36.6. The van der Waals surface area contributed by atoms with Crippen LogP contribution in [-0.2, 0) is 10.0 Å². The van der Waals surface area contributed by atoms with Gasteiger partial charge in [0.2, 0.25) is 10.0 Å². The normalized spacial score (nSPS) is 17.2. The van der Waals surface area contributed by atoms with Crippen LogP contribution in [0.5, 0.6) is 11.5 Å². The van der Waals surface area contributed by atoms with Crippen LogP contribution < -0.4 is 9.47 Å². The fraction of sp³-hybridized carbons (Fsp3) is 0.278. The van der Waals surface area contributed by atoms with Gasteiger partial charge in [0.1, 0.15) is 0 Å². The summed E-state index contributed by atoms with van der Waals surface area (Å²) >= 11 is 5.94. The average Bonchev–Trinajstić information content (AvgIpc) is 3.07. The summed E-state index contributed by atoms with van der Waals surface area (Å²) in [6.45, 7) is 0. The second-order valence-corrected chi connectivity index (χ2v) is 8.17. The van der Waals surface area contributed by atoms with Crippen molar-refractivity contribution >= 4 is 27.3 Å². The topological polar surface area (TPSA) is 68.2 Å². The number of hydrogen-bond acceptors (Lipinski definition) is 5. The zero-order valence-corrected chi connectivity index (χ0v) is 16.2. The monoisotopic (exact) mass is 394 g/mol. The van der Waals surface area contributed by atoms with Crippen LogP contribution >= 0.6 is 11.6 Å². The van der Waals surface area contributed by atoms with Gasteiger partial charge in [-0.05, 0) is 23.8 Å². The Morgan fingerprint density at radius 2 is 1.81 bits per heavy atom. The molecule has 0 saturated heterocycles. The molecular formula is C18H19ClN2O4S. The number of hydrogen-bond donors (Lipinski definition) is 0. The number of benzene rings is 2. The lowest BCUT2D eigenvalue weighted by Crippen LogP contribution is -2.26. The SMILES string of the molecule is COc1cccc([C@H]2CC(c3ccc(Cl)cc3)=NN2S(C)(=O)=O)c1OC. The molecule has 1 atom stereocenters. The second kappa shape index (κ2) is 7.17. The van der Waals surface area contributed by atoms with E-state index in [4.69, 9.17) is 21.1 Å². The summed E-state index contributed by atoms with van der Waals surface area (Å²) in [7, 11) is -0.498. The zero-order chi connectivity index (χ0) is 18.9. The first-order valence-corrected chi connectivity index (χ1v) is 10.1. The van der Waals surface area contributed by atoms with Gasteiger partial charge < -0.3 is 9.47 Å². The number of para-hydroxylation sites is 1. The molecule has 0 N–H and O–H groups in total. The predicted octanol–water partition coefficient (Wildman–Crippen LogP) is 3.47. The Balaban J connectivity index is 2.07. The van der Waals surface area contributed by atoms with Crippen LogP contribution in [0.4, 0.5) is 0 Å². The van der Waals surface area contributed by atoms with Gasteiger partial charge in [0.05, 0.1) is 32.2 Å². The molecule has 0 unspecified atom stereocenters. The maximum atomic E-state index is 12.3. The van der Waals surface area contributed by atoms with Gasteiger partial charge in [-0.2, -0.15) is 9.52 Å². The summed E-state index contributed by atoms with van der Waals surface area (Å²) in [5.41, 5.74) is 2.19. The first-order valence-electron chi connectivity index (χ1n) is 7.89. The standard InChI is InChI=1S/C18H19ClN2O4S/c1-24-17-6-4-5-14(18(17)25-2)16-11-15(20-21(16)26(3,22)23)12-7-9-13(19)10-8-12/h4-10,16H,11H2,1-3H3/t16-/m1/s1. The van der Waals surface area contributed by atoms with Crippen molar-refractivity contribution in [2.24, 2.45) is 5.10 Å². The van der Waals surface area contributed by atoms with Crippen molar-refractivity contribution in [1.82, 2.24) is 4.41 Å². The molecule has 0 fully saturated rings. The summed E-state index contributed by atoms with van der Waals surface area (Å²) in [5.74, 6) is 1.04. The minimum Gasteiger partial charge on any atom is -0.493 e. The average molecular weight is 395 g/mol. The Kier molecular flexibility index (Phi) is 5.11. The predicted molar refractivity (Wildman–Crippen MR) is 102 cm³/mol. The van der Waals surface area contributed by atoms with E-state index in [9.17, 15) is 8.42 Å². The minimum absolute atomic E-state index is 0.415. The Morgan fingerprint density at radius 1 is 1.12 bits per heavy atom. The highest BCUT2D eigenvalue weighted by atomic mass is 35.5. The van der Waals surface area contributed by atoms with E-state index in [0.717, 1.165) is 16.2 Å². The van der Waals surface area contributed by atoms with E-state index in [1.807, 2.05) is 18.2 Å². The Morgan fingerprint density at radius 3 is 2.38 bits per heavy atom. The van der Waals surface area contributed by atoms with Crippen LogP contribution in [-0.4, -0.2) is 39.0 Å². The molecule has 0 spiro atoms. The van der Waals surface area contributed by atoms with Crippen molar-refractivity contribution in [2.45, 2.75) is 12.5 Å². The molecule has 138 valence electrons. The zero-order valence-electron chi connectivity index (χ0n) is 14.6. The molecule has 2 aromatic carbocycles. The number of methoxy groups -OCH3 is 2. The maximum absolute atomic E-state index is 12.3. The molecule has 3 rings (SSSR count). The third-order valence-electron chi connectivity index (χ3n) is 4.18. The highest BCUT2D eigenvalue weighted by Crippen LogP contribution is 2.42. The van der Waals surface area contributed by atoms with Gasteiger partial charge >= 0.3 is 0 Å². The molecule has 26 heavy (non-hydrogen) atoms. The molecule has 1 heterocycles. The molecular weight excluding hydrogens is 376 g/mol. The van der Waals surface area contributed by atoms with E-state index >= 15 is 0 Å². The lowest BCUT2D eigenvalue weighted by atomic mass is 9.98. The smallest absolute Gasteiger partial charge is 0.247 e. The van der Waals surface area contributed by atoms with Gasteiger partial charge in [-0.1, -0.05) is 35.9 Å². The minimum atomic E-state index is -3.57. The first-order chi connectivity index (χ1) is 12.3. The summed E-state index contributed by atoms with van der Waals surface area (Å²) in [6, 6.07) is 12.0. The Labute approximate surface area is 158 Å². The van der Waals surface area contributed by atoms with Crippen LogP contribution in [0.2, 0.25) is 5.02 Å². The van der Waals surface area contributed by atoms with Gasteiger partial charge in [-0.15, -0.1) is 0 Å². The number of sulfonamides is 1. The summed E-state index contributed by atoms with van der Waals surface area (Å²) in [4.78, 5) is 0. The van der Waals surface area contributed by atoms with E-state index in [1.165, 1.54) is 7.11 Å². The fourth-order valence-corrected chi connectivity index (χ4v) is 4.04. The molecule has 2 aromatic rings. The van der Waals surface area contributed by atoms with Crippen molar-refractivity contribution in [1.29, 1.82) is 0 Å². The molecule has 1 aliphatic rings. The fourth-order valence-electron chi connectivity index (χ4n) is 3.02. The number of halogens is 1. The van der Waals surface area contributed by atoms with Crippen LogP contribution in [0, 0.1) is 0 Å². The summed E-state index contributed by atoms with van der Waals surface area (Å²) in [6.07, 6.45) is 1.55. The lowest BCUT2D eigenvalue weighted by molar-refractivity contribution is 0.329. The number of rotatable bonds is 5. The molecule has 8 heteroatoms. The molecule has 0 aromatic heterocycles. The van der Waals surface area contributed by atoms with E-state index in [0.29, 0.717) is 34.2 Å². The molecule has 0 radical (unpaired) electrons. The van der Waals surface area contributed by atoms with E-state index in [1.54, 1.807) is 31.4 Å². The first kappa shape index (κ1) is 18.5. The van der Waals surface area contributed by atoms with Crippen molar-refractivity contribution in [3.8, 4) is 11.5 Å². The largest absolute Gasteiger partial charge is 0.493 e. The highest BCUT2D eigenvalue weighted by Gasteiger charge is 2.36. The van der Waals surface area contributed by atoms with Gasteiger partial charge in [-0.3, -0.25) is 0 Å². The van der Waals surface area contributed by atoms with E-state index in [-0.39, 0.29) is 0 Å². The van der Waals surface area contributed by atoms with Crippen LogP contribution in [0.3, 0.4) is 0 Å². The Hall–Kier alpha value is -2.25. The van der Waals surface area contributed by atoms with Crippen LogP contribution in [0.1, 0.15) is 23.6 Å². The molecule has 0 aliphatic carbocycles. The second-order valence-electron chi connectivity index (χ2n) is 5.89. The maximum Gasteiger partial charge on any atom is 0.247 e. The quantitative estimate of drug-likeness (QED) is 0.778. The third-order valence-corrected chi connectivity index (χ3v) is 5.45. The lowest BCUT2D eigenvalue weighted by Gasteiger charge is -2.23. The van der Waals surface area contributed by atoms with E-state index in [2.05, 4.69) is 5.10 Å². The third kappa shape index (κ3) is 3.50. The molecule has 0 saturated carbocycles. The molecule has 0 bridgehead atoms.